The van der Waals surface area contributed by atoms with E-state index < -0.39 is 10.8 Å². The van der Waals surface area contributed by atoms with Crippen molar-refractivity contribution >= 4 is 32.3 Å². The average molecular weight is 453 g/mol. The lowest BCUT2D eigenvalue weighted by atomic mass is 9.94. The van der Waals surface area contributed by atoms with Crippen LogP contribution in [0.5, 0.6) is 0 Å². The molecule has 0 spiro atoms. The fourth-order valence-electron chi connectivity index (χ4n) is 5.20. The van der Waals surface area contributed by atoms with Crippen molar-refractivity contribution in [3.05, 3.63) is 121 Å². The number of hydrogen-bond acceptors (Lipinski definition) is 1. The first-order valence-corrected chi connectivity index (χ1v) is 12.6. The van der Waals surface area contributed by atoms with Gasteiger partial charge >= 0.3 is 0 Å². The predicted octanol–water partition coefficient (Wildman–Crippen LogP) is 8.47. The molecule has 1 nitrogen and oxygen atoms in total. The summed E-state index contributed by atoms with van der Waals surface area (Å²) in [5, 5.41) is 5.05. The molecule has 0 bridgehead atoms. The van der Waals surface area contributed by atoms with Gasteiger partial charge in [-0.25, -0.2) is 4.21 Å². The molecule has 1 aliphatic rings. The van der Waals surface area contributed by atoms with Gasteiger partial charge in [-0.05, 0) is 67.6 Å². The van der Waals surface area contributed by atoms with E-state index in [4.69, 9.17) is 0 Å². The van der Waals surface area contributed by atoms with Crippen molar-refractivity contribution in [2.24, 2.45) is 0 Å². The number of benzene rings is 6. The smallest absolute Gasteiger partial charge is 0.0868 e. The van der Waals surface area contributed by atoms with Crippen LogP contribution in [0.25, 0.3) is 54.9 Å². The molecule has 0 aromatic heterocycles. The first-order chi connectivity index (χ1) is 16.8. The van der Waals surface area contributed by atoms with Crippen molar-refractivity contribution in [1.29, 1.82) is 0 Å². The van der Waals surface area contributed by atoms with Gasteiger partial charge in [-0.3, -0.25) is 0 Å². The molecule has 0 saturated carbocycles. The summed E-state index contributed by atoms with van der Waals surface area (Å²) in [6.45, 7) is 0. The summed E-state index contributed by atoms with van der Waals surface area (Å²) in [7, 11) is -1.17. The maximum atomic E-state index is 13.4. The minimum atomic E-state index is -1.17. The van der Waals surface area contributed by atoms with Crippen LogP contribution < -0.4 is 0 Å². The van der Waals surface area contributed by atoms with E-state index in [0.717, 1.165) is 37.6 Å². The molecule has 0 amide bonds. The first kappa shape index (κ1) is 19.5. The Bertz CT molecular complexity index is 1780. The standard InChI is InChI=1S/C32H20OS/c33-34-31-14-4-3-11-29(31)30-13-6-12-28(32(30)34)24-9-5-8-22(19-24)23-17-18-27-25(20-23)16-15-21-7-1-2-10-26(21)27/h1-20H. The first-order valence-electron chi connectivity index (χ1n) is 11.4. The van der Waals surface area contributed by atoms with Crippen LogP contribution in [0, 0.1) is 0 Å². The molecule has 1 aliphatic heterocycles. The van der Waals surface area contributed by atoms with Gasteiger partial charge < -0.3 is 0 Å². The summed E-state index contributed by atoms with van der Waals surface area (Å²) in [4.78, 5) is 1.83. The highest BCUT2D eigenvalue weighted by molar-refractivity contribution is 7.86. The highest BCUT2D eigenvalue weighted by Crippen LogP contribution is 2.45. The highest BCUT2D eigenvalue weighted by atomic mass is 32.2. The van der Waals surface area contributed by atoms with Crippen molar-refractivity contribution in [3.8, 4) is 33.4 Å². The monoisotopic (exact) mass is 452 g/mol. The van der Waals surface area contributed by atoms with Crippen LogP contribution in [0.15, 0.2) is 131 Å². The van der Waals surface area contributed by atoms with Gasteiger partial charge in [-0.1, -0.05) is 103 Å². The maximum Gasteiger partial charge on any atom is 0.0868 e. The molecule has 6 aromatic carbocycles. The van der Waals surface area contributed by atoms with Crippen molar-refractivity contribution in [1.82, 2.24) is 0 Å². The van der Waals surface area contributed by atoms with Crippen LogP contribution >= 0.6 is 0 Å². The van der Waals surface area contributed by atoms with Crippen molar-refractivity contribution in [3.63, 3.8) is 0 Å². The van der Waals surface area contributed by atoms with Gasteiger partial charge in [0.25, 0.3) is 0 Å². The Morgan fingerprint density at radius 2 is 1.12 bits per heavy atom. The lowest BCUT2D eigenvalue weighted by Crippen LogP contribution is -1.91. The second kappa shape index (κ2) is 7.51. The molecular formula is C32H20OS. The van der Waals surface area contributed by atoms with E-state index in [2.05, 4.69) is 103 Å². The fourth-order valence-corrected chi connectivity index (χ4v) is 6.76. The zero-order valence-electron chi connectivity index (χ0n) is 18.4. The van der Waals surface area contributed by atoms with E-state index in [9.17, 15) is 4.21 Å². The Kier molecular flexibility index (Phi) is 4.30. The van der Waals surface area contributed by atoms with Gasteiger partial charge in [0.05, 0.1) is 20.6 Å². The van der Waals surface area contributed by atoms with E-state index in [0.29, 0.717) is 0 Å². The van der Waals surface area contributed by atoms with Crippen LogP contribution in [0.3, 0.4) is 0 Å². The molecule has 34 heavy (non-hydrogen) atoms. The second-order valence-electron chi connectivity index (χ2n) is 8.75. The molecule has 0 N–H and O–H groups in total. The van der Waals surface area contributed by atoms with Crippen molar-refractivity contribution in [2.75, 3.05) is 0 Å². The van der Waals surface area contributed by atoms with Gasteiger partial charge in [-0.15, -0.1) is 0 Å². The molecule has 7 rings (SSSR count). The Hall–Kier alpha value is -4.01. The minimum absolute atomic E-state index is 0.905. The summed E-state index contributed by atoms with van der Waals surface area (Å²) >= 11 is 0. The van der Waals surface area contributed by atoms with Gasteiger partial charge in [0.15, 0.2) is 0 Å². The van der Waals surface area contributed by atoms with Crippen molar-refractivity contribution in [2.45, 2.75) is 9.79 Å². The van der Waals surface area contributed by atoms with Crippen LogP contribution in [0.4, 0.5) is 0 Å². The molecule has 6 aromatic rings. The third-order valence-electron chi connectivity index (χ3n) is 6.83. The summed E-state index contributed by atoms with van der Waals surface area (Å²) in [6, 6.07) is 42.5. The van der Waals surface area contributed by atoms with E-state index in [1.54, 1.807) is 0 Å². The largest absolute Gasteiger partial charge is 0.249 e. The molecular weight excluding hydrogens is 432 g/mol. The predicted molar refractivity (Wildman–Crippen MR) is 142 cm³/mol. The van der Waals surface area contributed by atoms with Crippen molar-refractivity contribution < 1.29 is 4.21 Å². The third-order valence-corrected chi connectivity index (χ3v) is 8.40. The Morgan fingerprint density at radius 1 is 0.441 bits per heavy atom. The van der Waals surface area contributed by atoms with Crippen LogP contribution in [-0.2, 0) is 10.8 Å². The SMILES string of the molecule is O=S1c2ccccc2-c2cccc(-c3cccc(-c4ccc5c(ccc6ccccc65)c4)c3)c21. The van der Waals surface area contributed by atoms with E-state index in [-0.39, 0.29) is 0 Å². The molecule has 0 radical (unpaired) electrons. The van der Waals surface area contributed by atoms with E-state index in [1.807, 2.05) is 18.2 Å². The Labute approximate surface area is 200 Å². The summed E-state index contributed by atoms with van der Waals surface area (Å²) in [5.41, 5.74) is 6.63. The van der Waals surface area contributed by atoms with Crippen LogP contribution in [0.1, 0.15) is 0 Å². The lowest BCUT2D eigenvalue weighted by Gasteiger charge is -2.11. The molecule has 0 saturated heterocycles. The lowest BCUT2D eigenvalue weighted by molar-refractivity contribution is 0.685. The summed E-state index contributed by atoms with van der Waals surface area (Å²) in [6.07, 6.45) is 0. The van der Waals surface area contributed by atoms with Crippen LogP contribution in [-0.4, -0.2) is 4.21 Å². The Morgan fingerprint density at radius 3 is 2.09 bits per heavy atom. The molecule has 1 unspecified atom stereocenters. The van der Waals surface area contributed by atoms with Gasteiger partial charge in [-0.2, -0.15) is 0 Å². The van der Waals surface area contributed by atoms with Gasteiger partial charge in [0, 0.05) is 5.56 Å². The normalized spacial score (nSPS) is 14.3. The Balaban J connectivity index is 1.36. The van der Waals surface area contributed by atoms with E-state index in [1.165, 1.54) is 27.1 Å². The zero-order chi connectivity index (χ0) is 22.6. The summed E-state index contributed by atoms with van der Waals surface area (Å²) in [5.74, 6) is 0. The zero-order valence-corrected chi connectivity index (χ0v) is 19.2. The maximum absolute atomic E-state index is 13.4. The molecule has 160 valence electrons. The molecule has 1 heterocycles. The highest BCUT2D eigenvalue weighted by Gasteiger charge is 2.28. The average Bonchev–Trinajstić information content (AvgIpc) is 3.20. The molecule has 0 fully saturated rings. The topological polar surface area (TPSA) is 17.1 Å². The van der Waals surface area contributed by atoms with Gasteiger partial charge in [0.2, 0.25) is 0 Å². The molecule has 0 aliphatic carbocycles. The number of hydrogen-bond donors (Lipinski definition) is 0. The molecule has 2 heteroatoms. The number of rotatable bonds is 2. The minimum Gasteiger partial charge on any atom is -0.249 e. The quantitative estimate of drug-likeness (QED) is 0.240. The fraction of sp³-hybridized carbons (Fsp3) is 0. The second-order valence-corrected chi connectivity index (χ2v) is 10.1. The van der Waals surface area contributed by atoms with E-state index >= 15 is 0 Å². The third kappa shape index (κ3) is 2.89. The summed E-state index contributed by atoms with van der Waals surface area (Å²) < 4.78 is 13.4. The molecule has 1 atom stereocenters. The number of fused-ring (bicyclic) bond motifs is 6. The van der Waals surface area contributed by atoms with Gasteiger partial charge in [0.1, 0.15) is 0 Å². The van der Waals surface area contributed by atoms with Crippen LogP contribution in [0.2, 0.25) is 0 Å².